The van der Waals surface area contributed by atoms with E-state index in [0.29, 0.717) is 5.15 Å². The van der Waals surface area contributed by atoms with Gasteiger partial charge in [0.25, 0.3) is 0 Å². The first-order valence-corrected chi connectivity index (χ1v) is 7.61. The largest absolute Gasteiger partial charge is 0.353 e. The summed E-state index contributed by atoms with van der Waals surface area (Å²) in [5.74, 6) is 1.01. The molecule has 3 fully saturated rings. The van der Waals surface area contributed by atoms with Crippen LogP contribution in [0.4, 0.5) is 5.82 Å². The Bertz CT molecular complexity index is 687. The fourth-order valence-corrected chi connectivity index (χ4v) is 4.38. The minimum absolute atomic E-state index is 0.536. The van der Waals surface area contributed by atoms with E-state index >= 15 is 0 Å². The highest BCUT2D eigenvalue weighted by molar-refractivity contribution is 6.30. The lowest BCUT2D eigenvalue weighted by Crippen LogP contribution is -2.77. The van der Waals surface area contributed by atoms with Crippen LogP contribution in [-0.2, 0) is 0 Å². The first kappa shape index (κ1) is 11.3. The van der Waals surface area contributed by atoms with Gasteiger partial charge >= 0.3 is 0 Å². The smallest absolute Gasteiger partial charge is 0.139 e. The van der Waals surface area contributed by atoms with E-state index in [4.69, 9.17) is 11.6 Å². The van der Waals surface area contributed by atoms with Gasteiger partial charge in [0.05, 0.1) is 5.52 Å². The van der Waals surface area contributed by atoms with Crippen molar-refractivity contribution in [3.8, 4) is 0 Å². The fourth-order valence-electron chi connectivity index (χ4n) is 4.19. The van der Waals surface area contributed by atoms with Crippen LogP contribution < -0.4 is 4.90 Å². The van der Waals surface area contributed by atoms with Crippen molar-refractivity contribution >= 4 is 28.3 Å². The van der Waals surface area contributed by atoms with Crippen LogP contribution in [-0.4, -0.2) is 46.1 Å². The Morgan fingerprint density at radius 2 is 1.95 bits per heavy atom. The number of piperidine rings is 1. The van der Waals surface area contributed by atoms with Gasteiger partial charge in [-0.3, -0.25) is 9.88 Å². The molecule has 0 aromatic carbocycles. The molecule has 2 aromatic heterocycles. The first-order valence-electron chi connectivity index (χ1n) is 7.23. The topological polar surface area (TPSA) is 32.3 Å². The number of rotatable bonds is 1. The molecule has 5 rings (SSSR count). The summed E-state index contributed by atoms with van der Waals surface area (Å²) >= 11 is 6.18. The molecule has 0 bridgehead atoms. The van der Waals surface area contributed by atoms with Crippen LogP contribution in [0.2, 0.25) is 5.15 Å². The van der Waals surface area contributed by atoms with Gasteiger partial charge in [-0.25, -0.2) is 4.98 Å². The van der Waals surface area contributed by atoms with Gasteiger partial charge in [-0.05, 0) is 25.0 Å². The van der Waals surface area contributed by atoms with Gasteiger partial charge in [0, 0.05) is 48.9 Å². The summed E-state index contributed by atoms with van der Waals surface area (Å²) < 4.78 is 0. The second-order valence-electron chi connectivity index (χ2n) is 6.12. The Morgan fingerprint density at radius 1 is 1.15 bits per heavy atom. The maximum absolute atomic E-state index is 6.18. The van der Waals surface area contributed by atoms with Crippen LogP contribution in [0.15, 0.2) is 24.4 Å². The van der Waals surface area contributed by atoms with Crippen molar-refractivity contribution in [1.29, 1.82) is 0 Å². The minimum Gasteiger partial charge on any atom is -0.353 e. The summed E-state index contributed by atoms with van der Waals surface area (Å²) in [6, 6.07) is 8.25. The highest BCUT2D eigenvalue weighted by atomic mass is 35.5. The summed E-state index contributed by atoms with van der Waals surface area (Å²) in [5.41, 5.74) is 0.935. The number of hydrogen-bond acceptors (Lipinski definition) is 4. The average Bonchev–Trinajstić information content (AvgIpc) is 2.39. The Kier molecular flexibility index (Phi) is 2.16. The quantitative estimate of drug-likeness (QED) is 0.753. The van der Waals surface area contributed by atoms with Crippen LogP contribution in [0.1, 0.15) is 12.8 Å². The molecule has 3 aliphatic rings. The molecule has 5 heteroatoms. The summed E-state index contributed by atoms with van der Waals surface area (Å²) in [7, 11) is 0. The molecule has 3 aliphatic heterocycles. The van der Waals surface area contributed by atoms with Gasteiger partial charge in [0.2, 0.25) is 0 Å². The molecule has 20 heavy (non-hydrogen) atoms. The van der Waals surface area contributed by atoms with Crippen molar-refractivity contribution in [2.75, 3.05) is 18.0 Å². The third-order valence-electron chi connectivity index (χ3n) is 5.06. The second-order valence-corrected chi connectivity index (χ2v) is 6.51. The van der Waals surface area contributed by atoms with E-state index < -0.39 is 0 Å². The monoisotopic (exact) mass is 286 g/mol. The number of piperazine rings is 1. The maximum atomic E-state index is 6.18. The lowest BCUT2D eigenvalue weighted by molar-refractivity contribution is -0.126. The maximum Gasteiger partial charge on any atom is 0.139 e. The van der Waals surface area contributed by atoms with Crippen molar-refractivity contribution in [2.24, 2.45) is 0 Å². The molecule has 0 saturated carbocycles. The summed E-state index contributed by atoms with van der Waals surface area (Å²) in [4.78, 5) is 14.1. The Morgan fingerprint density at radius 3 is 2.70 bits per heavy atom. The predicted molar refractivity (Wildman–Crippen MR) is 79.2 cm³/mol. The normalized spacial score (nSPS) is 31.6. The molecule has 0 spiro atoms. The lowest BCUT2D eigenvalue weighted by atomic mass is 9.74. The van der Waals surface area contributed by atoms with Crippen molar-refractivity contribution in [2.45, 2.75) is 31.0 Å². The molecule has 0 amide bonds. The molecule has 2 aromatic rings. The number of hydrogen-bond donors (Lipinski definition) is 0. The molecule has 4 nitrogen and oxygen atoms in total. The van der Waals surface area contributed by atoms with E-state index in [9.17, 15) is 0 Å². The standard InChI is InChI=1S/C15H15ClN4/c16-14-6-13-12(2-1-3-17-13)15(18-14)19-7-10-4-9-5-11(8-19)20(9)10/h1-3,6,9-11H,4-5,7-8H2. The van der Waals surface area contributed by atoms with E-state index in [0.717, 1.165) is 47.9 Å². The third kappa shape index (κ3) is 1.41. The van der Waals surface area contributed by atoms with Crippen LogP contribution >= 0.6 is 11.6 Å². The van der Waals surface area contributed by atoms with Crippen molar-refractivity contribution in [3.63, 3.8) is 0 Å². The number of aromatic nitrogens is 2. The molecule has 2 unspecified atom stereocenters. The minimum atomic E-state index is 0.536. The van der Waals surface area contributed by atoms with Gasteiger partial charge in [0.1, 0.15) is 11.0 Å². The number of fused-ring (bicyclic) bond motifs is 1. The van der Waals surface area contributed by atoms with Gasteiger partial charge in [-0.2, -0.15) is 0 Å². The van der Waals surface area contributed by atoms with Gasteiger partial charge < -0.3 is 4.90 Å². The molecule has 0 aliphatic carbocycles. The van der Waals surface area contributed by atoms with E-state index in [-0.39, 0.29) is 0 Å². The highest BCUT2D eigenvalue weighted by Gasteiger charge is 2.54. The number of pyridine rings is 2. The highest BCUT2D eigenvalue weighted by Crippen LogP contribution is 2.46. The summed E-state index contributed by atoms with van der Waals surface area (Å²) in [5, 5.41) is 1.65. The van der Waals surface area contributed by atoms with Crippen molar-refractivity contribution in [1.82, 2.24) is 14.9 Å². The number of anilines is 1. The molecular formula is C15H15ClN4. The van der Waals surface area contributed by atoms with Crippen LogP contribution in [0.25, 0.3) is 10.9 Å². The van der Waals surface area contributed by atoms with E-state index in [1.165, 1.54) is 12.8 Å². The second kappa shape index (κ2) is 3.83. The van der Waals surface area contributed by atoms with E-state index in [1.54, 1.807) is 0 Å². The average molecular weight is 287 g/mol. The number of nitrogens with zero attached hydrogens (tertiary/aromatic N) is 4. The van der Waals surface area contributed by atoms with Gasteiger partial charge in [0.15, 0.2) is 0 Å². The Hall–Kier alpha value is -1.39. The van der Waals surface area contributed by atoms with Gasteiger partial charge in [-0.15, -0.1) is 0 Å². The van der Waals surface area contributed by atoms with Crippen LogP contribution in [0.5, 0.6) is 0 Å². The molecule has 0 radical (unpaired) electrons. The third-order valence-corrected chi connectivity index (χ3v) is 5.26. The molecule has 102 valence electrons. The molecule has 0 N–H and O–H groups in total. The molecular weight excluding hydrogens is 272 g/mol. The lowest BCUT2D eigenvalue weighted by Gasteiger charge is -2.66. The number of halogens is 1. The molecule has 2 atom stereocenters. The van der Waals surface area contributed by atoms with Crippen molar-refractivity contribution < 1.29 is 0 Å². The summed E-state index contributed by atoms with van der Waals surface area (Å²) in [6.45, 7) is 2.15. The van der Waals surface area contributed by atoms with Crippen LogP contribution in [0, 0.1) is 0 Å². The Balaban J connectivity index is 1.60. The van der Waals surface area contributed by atoms with Gasteiger partial charge in [-0.1, -0.05) is 11.6 Å². The molecule has 3 saturated heterocycles. The Labute approximate surface area is 122 Å². The SMILES string of the molecule is Clc1cc2ncccc2c(N2CC3CC4CC(C2)N43)n1. The summed E-state index contributed by atoms with van der Waals surface area (Å²) in [6.07, 6.45) is 4.51. The zero-order valence-corrected chi connectivity index (χ0v) is 11.8. The van der Waals surface area contributed by atoms with Crippen LogP contribution in [0.3, 0.4) is 0 Å². The predicted octanol–water partition coefficient (Wildman–Crippen LogP) is 2.32. The fraction of sp³-hybridized carbons (Fsp3) is 0.467. The van der Waals surface area contributed by atoms with E-state index in [1.807, 2.05) is 18.3 Å². The zero-order chi connectivity index (χ0) is 13.3. The first-order chi connectivity index (χ1) is 9.79. The zero-order valence-electron chi connectivity index (χ0n) is 11.0. The van der Waals surface area contributed by atoms with E-state index in [2.05, 4.69) is 25.8 Å². The molecule has 5 heterocycles. The van der Waals surface area contributed by atoms with Crippen molar-refractivity contribution in [3.05, 3.63) is 29.5 Å².